The van der Waals surface area contributed by atoms with E-state index in [0.717, 1.165) is 6.29 Å². The van der Waals surface area contributed by atoms with Crippen LogP contribution in [-0.2, 0) is 0 Å². The number of aromatic nitrogens is 1. The third-order valence-corrected chi connectivity index (χ3v) is 1.85. The minimum atomic E-state index is 0.498. The first-order valence-corrected chi connectivity index (χ1v) is 3.73. The van der Waals surface area contributed by atoms with Gasteiger partial charge in [-0.05, 0) is 12.1 Å². The number of hydrogen-bond donors (Lipinski definition) is 0. The van der Waals surface area contributed by atoms with E-state index in [9.17, 15) is 4.79 Å². The summed E-state index contributed by atoms with van der Waals surface area (Å²) in [5.41, 5.74) is 1.11. The zero-order chi connectivity index (χ0) is 9.26. The Hall–Kier alpha value is -1.84. The van der Waals surface area contributed by atoms with E-state index in [4.69, 9.17) is 9.26 Å². The van der Waals surface area contributed by atoms with Crippen molar-refractivity contribution in [2.45, 2.75) is 0 Å². The quantitative estimate of drug-likeness (QED) is 0.654. The van der Waals surface area contributed by atoms with Crippen LogP contribution < -0.4 is 4.74 Å². The highest BCUT2D eigenvalue weighted by atomic mass is 16.5. The molecule has 1 heterocycles. The van der Waals surface area contributed by atoms with Crippen LogP contribution in [0, 0.1) is 0 Å². The Kier molecular flexibility index (Phi) is 1.73. The van der Waals surface area contributed by atoms with Crippen molar-refractivity contribution in [3.05, 3.63) is 23.9 Å². The molecule has 1 aromatic heterocycles. The highest BCUT2D eigenvalue weighted by molar-refractivity contribution is 5.93. The maximum atomic E-state index is 10.6. The van der Waals surface area contributed by atoms with Crippen molar-refractivity contribution in [3.8, 4) is 5.75 Å². The Morgan fingerprint density at radius 3 is 3.08 bits per heavy atom. The third kappa shape index (κ3) is 1.07. The molecule has 0 atom stereocenters. The van der Waals surface area contributed by atoms with Crippen molar-refractivity contribution in [2.75, 3.05) is 7.11 Å². The van der Waals surface area contributed by atoms with E-state index in [1.807, 2.05) is 0 Å². The lowest BCUT2D eigenvalue weighted by Gasteiger charge is -2.02. The normalized spacial score (nSPS) is 10.2. The molecule has 0 aliphatic heterocycles. The largest absolute Gasteiger partial charge is 0.495 e. The molecule has 4 nitrogen and oxygen atoms in total. The number of ether oxygens (including phenoxy) is 1. The molecule has 0 saturated heterocycles. The number of rotatable bonds is 2. The van der Waals surface area contributed by atoms with Gasteiger partial charge in [-0.25, -0.2) is 0 Å². The van der Waals surface area contributed by atoms with Gasteiger partial charge in [0.15, 0.2) is 11.9 Å². The van der Waals surface area contributed by atoms with Crippen LogP contribution in [0.4, 0.5) is 0 Å². The molecule has 0 saturated carbocycles. The molecule has 0 N–H and O–H groups in total. The van der Waals surface area contributed by atoms with Crippen LogP contribution in [-0.4, -0.2) is 18.6 Å². The Balaban J connectivity index is 2.81. The molecule has 0 spiro atoms. The Morgan fingerprint density at radius 2 is 2.38 bits per heavy atom. The summed E-state index contributed by atoms with van der Waals surface area (Å²) in [6, 6.07) is 3.33. The predicted octanol–water partition coefficient (Wildman–Crippen LogP) is 1.65. The van der Waals surface area contributed by atoms with E-state index in [2.05, 4.69) is 5.16 Å². The van der Waals surface area contributed by atoms with Gasteiger partial charge in [0.1, 0.15) is 5.75 Å². The number of aldehydes is 1. The van der Waals surface area contributed by atoms with E-state index in [0.29, 0.717) is 22.3 Å². The molecule has 0 bridgehead atoms. The smallest absolute Gasteiger partial charge is 0.170 e. The zero-order valence-corrected chi connectivity index (χ0v) is 6.98. The van der Waals surface area contributed by atoms with Crippen LogP contribution in [0.3, 0.4) is 0 Å². The lowest BCUT2D eigenvalue weighted by atomic mass is 10.1. The van der Waals surface area contributed by atoms with Gasteiger partial charge in [-0.2, -0.15) is 0 Å². The number of hydrogen-bond acceptors (Lipinski definition) is 4. The zero-order valence-electron chi connectivity index (χ0n) is 6.98. The highest BCUT2D eigenvalue weighted by Gasteiger charge is 2.09. The van der Waals surface area contributed by atoms with Crippen molar-refractivity contribution in [1.29, 1.82) is 0 Å². The van der Waals surface area contributed by atoms with Gasteiger partial charge in [-0.15, -0.1) is 0 Å². The number of methoxy groups -OCH3 is 1. The lowest BCUT2D eigenvalue weighted by Crippen LogP contribution is -1.89. The average Bonchev–Trinajstić information content (AvgIpc) is 2.63. The number of benzene rings is 1. The fourth-order valence-electron chi connectivity index (χ4n) is 1.26. The van der Waals surface area contributed by atoms with E-state index in [-0.39, 0.29) is 0 Å². The highest BCUT2D eigenvalue weighted by Crippen LogP contribution is 2.28. The molecule has 0 unspecified atom stereocenters. The Labute approximate surface area is 74.1 Å². The van der Waals surface area contributed by atoms with Crippen LogP contribution >= 0.6 is 0 Å². The number of fused-ring (bicyclic) bond motifs is 1. The molecular weight excluding hydrogens is 170 g/mol. The van der Waals surface area contributed by atoms with Gasteiger partial charge in [-0.3, -0.25) is 4.79 Å². The summed E-state index contributed by atoms with van der Waals surface area (Å²) in [6.07, 6.45) is 2.27. The first-order chi connectivity index (χ1) is 6.36. The molecular formula is C9H7NO3. The van der Waals surface area contributed by atoms with E-state index < -0.39 is 0 Å². The Bertz CT molecular complexity index is 447. The van der Waals surface area contributed by atoms with Crippen LogP contribution in [0.15, 0.2) is 22.9 Å². The Morgan fingerprint density at radius 1 is 1.54 bits per heavy atom. The second kappa shape index (κ2) is 2.90. The van der Waals surface area contributed by atoms with Crippen molar-refractivity contribution < 1.29 is 14.1 Å². The van der Waals surface area contributed by atoms with Crippen LogP contribution in [0.2, 0.25) is 0 Å². The molecule has 1 aromatic carbocycles. The summed E-state index contributed by atoms with van der Waals surface area (Å²) >= 11 is 0. The number of carbonyl (C=O) groups is 1. The third-order valence-electron chi connectivity index (χ3n) is 1.85. The molecule has 0 fully saturated rings. The van der Waals surface area contributed by atoms with Gasteiger partial charge in [0.2, 0.25) is 0 Å². The molecule has 0 aliphatic rings. The molecule has 2 rings (SSSR count). The molecule has 2 aromatic rings. The first kappa shape index (κ1) is 7.79. The van der Waals surface area contributed by atoms with Crippen molar-refractivity contribution in [2.24, 2.45) is 0 Å². The molecule has 13 heavy (non-hydrogen) atoms. The maximum absolute atomic E-state index is 10.6. The average molecular weight is 177 g/mol. The second-order valence-electron chi connectivity index (χ2n) is 2.54. The van der Waals surface area contributed by atoms with E-state index >= 15 is 0 Å². The summed E-state index contributed by atoms with van der Waals surface area (Å²) < 4.78 is 9.99. The molecule has 0 amide bonds. The summed E-state index contributed by atoms with van der Waals surface area (Å²) in [5, 5.41) is 4.33. The summed E-state index contributed by atoms with van der Waals surface area (Å²) in [6.45, 7) is 0. The minimum Gasteiger partial charge on any atom is -0.495 e. The first-order valence-electron chi connectivity index (χ1n) is 3.73. The predicted molar refractivity (Wildman–Crippen MR) is 45.9 cm³/mol. The monoisotopic (exact) mass is 177 g/mol. The van der Waals surface area contributed by atoms with Crippen LogP contribution in [0.25, 0.3) is 11.0 Å². The van der Waals surface area contributed by atoms with Gasteiger partial charge in [0.05, 0.1) is 24.3 Å². The molecule has 66 valence electrons. The van der Waals surface area contributed by atoms with Gasteiger partial charge < -0.3 is 9.26 Å². The summed E-state index contributed by atoms with van der Waals surface area (Å²) in [7, 11) is 1.51. The fraction of sp³-hybridized carbons (Fsp3) is 0.111. The van der Waals surface area contributed by atoms with E-state index in [1.54, 1.807) is 12.1 Å². The van der Waals surface area contributed by atoms with Crippen LogP contribution in [0.5, 0.6) is 5.75 Å². The molecule has 0 aliphatic carbocycles. The maximum Gasteiger partial charge on any atom is 0.170 e. The standard InChI is InChI=1S/C9H7NO3/c1-12-9-6(5-11)2-3-8-7(9)4-10-13-8/h2-5H,1H3. The lowest BCUT2D eigenvalue weighted by molar-refractivity contribution is 0.112. The van der Waals surface area contributed by atoms with Crippen LogP contribution in [0.1, 0.15) is 10.4 Å². The fourth-order valence-corrected chi connectivity index (χ4v) is 1.26. The van der Waals surface area contributed by atoms with Gasteiger partial charge in [0.25, 0.3) is 0 Å². The second-order valence-corrected chi connectivity index (χ2v) is 2.54. The van der Waals surface area contributed by atoms with Gasteiger partial charge >= 0.3 is 0 Å². The van der Waals surface area contributed by atoms with Gasteiger partial charge in [0, 0.05) is 0 Å². The summed E-state index contributed by atoms with van der Waals surface area (Å²) in [5.74, 6) is 0.508. The van der Waals surface area contributed by atoms with Gasteiger partial charge in [-0.1, -0.05) is 5.16 Å². The molecule has 4 heteroatoms. The molecule has 0 radical (unpaired) electrons. The minimum absolute atomic E-state index is 0.498. The number of carbonyl (C=O) groups excluding carboxylic acids is 1. The van der Waals surface area contributed by atoms with Crippen molar-refractivity contribution in [1.82, 2.24) is 5.16 Å². The topological polar surface area (TPSA) is 52.3 Å². The summed E-state index contributed by atoms with van der Waals surface area (Å²) in [4.78, 5) is 10.6. The number of nitrogens with zero attached hydrogens (tertiary/aromatic N) is 1. The van der Waals surface area contributed by atoms with Crippen molar-refractivity contribution >= 4 is 17.3 Å². The van der Waals surface area contributed by atoms with Crippen molar-refractivity contribution in [3.63, 3.8) is 0 Å². The van der Waals surface area contributed by atoms with E-state index in [1.165, 1.54) is 13.3 Å². The SMILES string of the molecule is COc1c(C=O)ccc2oncc12.